The van der Waals surface area contributed by atoms with Gasteiger partial charge in [-0.1, -0.05) is 6.07 Å². The van der Waals surface area contributed by atoms with Crippen LogP contribution in [-0.2, 0) is 0 Å². The van der Waals surface area contributed by atoms with Gasteiger partial charge in [0.2, 0.25) is 0 Å². The zero-order valence-electron chi connectivity index (χ0n) is 8.32. The van der Waals surface area contributed by atoms with E-state index in [-0.39, 0.29) is 12.3 Å². The smallest absolute Gasteiger partial charge is 0.180 e. The lowest BCUT2D eigenvalue weighted by Gasteiger charge is -2.07. The van der Waals surface area contributed by atoms with Crippen molar-refractivity contribution in [1.82, 2.24) is 0 Å². The lowest BCUT2D eigenvalue weighted by molar-refractivity contribution is 0.0999. The Bertz CT molecular complexity index is 504. The molecule has 1 heterocycles. The first kappa shape index (κ1) is 10.1. The normalized spacial score (nSPS) is 10.5. The van der Waals surface area contributed by atoms with E-state index >= 15 is 0 Å². The fraction of sp³-hybridized carbons (Fsp3) is 0.182. The average molecular weight is 221 g/mol. The zero-order chi connectivity index (χ0) is 10.8. The van der Waals surface area contributed by atoms with Crippen LogP contribution in [0.25, 0.3) is 10.1 Å². The van der Waals surface area contributed by atoms with Gasteiger partial charge in [0.15, 0.2) is 5.78 Å². The molecular formula is C11H11NO2S. The van der Waals surface area contributed by atoms with Crippen LogP contribution in [0.3, 0.4) is 0 Å². The topological polar surface area (TPSA) is 52.3 Å². The highest BCUT2D eigenvalue weighted by molar-refractivity contribution is 7.17. The van der Waals surface area contributed by atoms with E-state index in [2.05, 4.69) is 0 Å². The molecule has 0 bridgehead atoms. The number of Topliss-reactive ketones (excluding diaryl/α,β-unsaturated/α-hetero) is 1. The Labute approximate surface area is 91.5 Å². The first-order chi connectivity index (χ1) is 7.27. The van der Waals surface area contributed by atoms with Crippen LogP contribution in [0.4, 0.5) is 0 Å². The SMILES string of the molecule is COc1c(C(=O)CN)ccc2ccsc12. The molecule has 4 heteroatoms. The standard InChI is InChI=1S/C11H11NO2S/c1-14-10-8(9(13)6-12)3-2-7-4-5-15-11(7)10/h2-5H,6,12H2,1H3. The van der Waals surface area contributed by atoms with Crippen LogP contribution >= 0.6 is 11.3 Å². The molecular weight excluding hydrogens is 210 g/mol. The molecule has 0 unspecified atom stereocenters. The molecule has 1 aromatic carbocycles. The van der Waals surface area contributed by atoms with Crippen molar-refractivity contribution < 1.29 is 9.53 Å². The molecule has 0 aliphatic rings. The van der Waals surface area contributed by atoms with E-state index in [1.807, 2.05) is 17.5 Å². The number of benzene rings is 1. The number of hydrogen-bond donors (Lipinski definition) is 1. The molecule has 0 saturated heterocycles. The number of carbonyl (C=O) groups excluding carboxylic acids is 1. The number of rotatable bonds is 3. The van der Waals surface area contributed by atoms with Crippen LogP contribution in [0.1, 0.15) is 10.4 Å². The van der Waals surface area contributed by atoms with Gasteiger partial charge in [-0.3, -0.25) is 4.79 Å². The number of methoxy groups -OCH3 is 1. The van der Waals surface area contributed by atoms with E-state index in [0.29, 0.717) is 11.3 Å². The second-order valence-electron chi connectivity index (χ2n) is 3.11. The fourth-order valence-corrected chi connectivity index (χ4v) is 2.46. The van der Waals surface area contributed by atoms with Gasteiger partial charge in [-0.05, 0) is 22.9 Å². The maximum atomic E-state index is 11.6. The van der Waals surface area contributed by atoms with E-state index in [1.54, 1.807) is 24.5 Å². The van der Waals surface area contributed by atoms with Gasteiger partial charge < -0.3 is 10.5 Å². The first-order valence-electron chi connectivity index (χ1n) is 4.55. The molecule has 2 rings (SSSR count). The number of nitrogens with two attached hydrogens (primary N) is 1. The van der Waals surface area contributed by atoms with Crippen LogP contribution in [0.2, 0.25) is 0 Å². The Morgan fingerprint density at radius 1 is 1.47 bits per heavy atom. The molecule has 0 atom stereocenters. The molecule has 2 N–H and O–H groups in total. The predicted molar refractivity (Wildman–Crippen MR) is 61.8 cm³/mol. The Kier molecular flexibility index (Phi) is 2.70. The van der Waals surface area contributed by atoms with Crippen molar-refractivity contribution in [2.24, 2.45) is 5.73 Å². The van der Waals surface area contributed by atoms with Gasteiger partial charge in [0, 0.05) is 0 Å². The van der Waals surface area contributed by atoms with Crippen molar-refractivity contribution in [2.75, 3.05) is 13.7 Å². The van der Waals surface area contributed by atoms with E-state index in [9.17, 15) is 4.79 Å². The van der Waals surface area contributed by atoms with Gasteiger partial charge in [-0.25, -0.2) is 0 Å². The lowest BCUT2D eigenvalue weighted by atomic mass is 10.1. The van der Waals surface area contributed by atoms with E-state index in [4.69, 9.17) is 10.5 Å². The summed E-state index contributed by atoms with van der Waals surface area (Å²) < 4.78 is 6.27. The summed E-state index contributed by atoms with van der Waals surface area (Å²) in [7, 11) is 1.57. The summed E-state index contributed by atoms with van der Waals surface area (Å²) in [4.78, 5) is 11.6. The van der Waals surface area contributed by atoms with Crippen molar-refractivity contribution in [2.45, 2.75) is 0 Å². The Morgan fingerprint density at radius 2 is 2.27 bits per heavy atom. The third-order valence-electron chi connectivity index (χ3n) is 2.27. The molecule has 0 spiro atoms. The number of fused-ring (bicyclic) bond motifs is 1. The second-order valence-corrected chi connectivity index (χ2v) is 4.03. The van der Waals surface area contributed by atoms with Gasteiger partial charge in [-0.15, -0.1) is 11.3 Å². The molecule has 0 radical (unpaired) electrons. The van der Waals surface area contributed by atoms with Gasteiger partial charge >= 0.3 is 0 Å². The van der Waals surface area contributed by atoms with Gasteiger partial charge in [0.05, 0.1) is 23.9 Å². The molecule has 0 aliphatic heterocycles. The summed E-state index contributed by atoms with van der Waals surface area (Å²) in [5, 5.41) is 3.06. The molecule has 0 amide bonds. The molecule has 0 saturated carbocycles. The minimum absolute atomic E-state index is 0.00718. The van der Waals surface area contributed by atoms with Crippen molar-refractivity contribution in [1.29, 1.82) is 0 Å². The van der Waals surface area contributed by atoms with Crippen LogP contribution < -0.4 is 10.5 Å². The molecule has 15 heavy (non-hydrogen) atoms. The minimum Gasteiger partial charge on any atom is -0.494 e. The maximum absolute atomic E-state index is 11.6. The number of thiophene rings is 1. The predicted octanol–water partition coefficient (Wildman–Crippen LogP) is 2.05. The second kappa shape index (κ2) is 4.00. The van der Waals surface area contributed by atoms with E-state index in [1.165, 1.54) is 0 Å². The molecule has 1 aromatic heterocycles. The fourth-order valence-electron chi connectivity index (χ4n) is 1.54. The quantitative estimate of drug-likeness (QED) is 0.807. The van der Waals surface area contributed by atoms with Crippen molar-refractivity contribution in [3.05, 3.63) is 29.1 Å². The molecule has 78 valence electrons. The summed E-state index contributed by atoms with van der Waals surface area (Å²) in [6.45, 7) is 0.00718. The summed E-state index contributed by atoms with van der Waals surface area (Å²) in [5.41, 5.74) is 5.91. The average Bonchev–Trinajstić information content (AvgIpc) is 2.74. The van der Waals surface area contributed by atoms with Crippen molar-refractivity contribution >= 4 is 27.2 Å². The summed E-state index contributed by atoms with van der Waals surface area (Å²) in [5.74, 6) is 0.542. The van der Waals surface area contributed by atoms with Crippen LogP contribution in [0, 0.1) is 0 Å². The Balaban J connectivity index is 2.69. The molecule has 2 aromatic rings. The highest BCUT2D eigenvalue weighted by atomic mass is 32.1. The van der Waals surface area contributed by atoms with Crippen molar-refractivity contribution in [3.8, 4) is 5.75 Å². The number of ether oxygens (including phenoxy) is 1. The van der Waals surface area contributed by atoms with Crippen LogP contribution in [-0.4, -0.2) is 19.4 Å². The summed E-state index contributed by atoms with van der Waals surface area (Å²) in [6, 6.07) is 5.68. The Morgan fingerprint density at radius 3 is 2.93 bits per heavy atom. The van der Waals surface area contributed by atoms with E-state index in [0.717, 1.165) is 10.1 Å². The van der Waals surface area contributed by atoms with Crippen LogP contribution in [0.15, 0.2) is 23.6 Å². The minimum atomic E-state index is -0.0952. The van der Waals surface area contributed by atoms with Gasteiger partial charge in [0.25, 0.3) is 0 Å². The van der Waals surface area contributed by atoms with E-state index < -0.39 is 0 Å². The number of carbonyl (C=O) groups is 1. The lowest BCUT2D eigenvalue weighted by Crippen LogP contribution is -2.14. The highest BCUT2D eigenvalue weighted by Gasteiger charge is 2.14. The highest BCUT2D eigenvalue weighted by Crippen LogP contribution is 2.33. The molecule has 0 fully saturated rings. The summed E-state index contributed by atoms with van der Waals surface area (Å²) >= 11 is 1.56. The van der Waals surface area contributed by atoms with Gasteiger partial charge in [0.1, 0.15) is 5.75 Å². The van der Waals surface area contributed by atoms with Crippen LogP contribution in [0.5, 0.6) is 5.75 Å². The third-order valence-corrected chi connectivity index (χ3v) is 3.19. The maximum Gasteiger partial charge on any atom is 0.180 e. The van der Waals surface area contributed by atoms with Gasteiger partial charge in [-0.2, -0.15) is 0 Å². The Hall–Kier alpha value is -1.39. The third kappa shape index (κ3) is 1.62. The largest absolute Gasteiger partial charge is 0.494 e. The molecule has 3 nitrogen and oxygen atoms in total. The summed E-state index contributed by atoms with van der Waals surface area (Å²) in [6.07, 6.45) is 0. The zero-order valence-corrected chi connectivity index (χ0v) is 9.14. The number of hydrogen-bond acceptors (Lipinski definition) is 4. The monoisotopic (exact) mass is 221 g/mol. The van der Waals surface area contributed by atoms with Crippen molar-refractivity contribution in [3.63, 3.8) is 0 Å². The molecule has 0 aliphatic carbocycles. The first-order valence-corrected chi connectivity index (χ1v) is 5.43. The number of ketones is 1.